The van der Waals surface area contributed by atoms with Crippen molar-refractivity contribution in [3.63, 3.8) is 0 Å². The predicted molar refractivity (Wildman–Crippen MR) is 61.8 cm³/mol. The summed E-state index contributed by atoms with van der Waals surface area (Å²) in [6, 6.07) is 0.423. The lowest BCUT2D eigenvalue weighted by molar-refractivity contribution is -0.121. The molecule has 1 amide bonds. The smallest absolute Gasteiger partial charge is 0.234 e. The van der Waals surface area contributed by atoms with E-state index in [4.69, 9.17) is 4.74 Å². The van der Waals surface area contributed by atoms with Gasteiger partial charge in [-0.2, -0.15) is 0 Å². The lowest BCUT2D eigenvalue weighted by Crippen LogP contribution is -2.44. The summed E-state index contributed by atoms with van der Waals surface area (Å²) in [4.78, 5) is 11.4. The average molecular weight is 216 g/mol. The van der Waals surface area contributed by atoms with Gasteiger partial charge < -0.3 is 15.4 Å². The number of rotatable bonds is 7. The van der Waals surface area contributed by atoms with Crippen LogP contribution in [0, 0.1) is 5.92 Å². The predicted octanol–water partition coefficient (Wildman–Crippen LogP) is 0.772. The molecule has 4 heteroatoms. The summed E-state index contributed by atoms with van der Waals surface area (Å²) in [7, 11) is 1.63. The van der Waals surface area contributed by atoms with Crippen LogP contribution in [0.5, 0.6) is 0 Å². The second kappa shape index (κ2) is 7.65. The van der Waals surface area contributed by atoms with Gasteiger partial charge in [-0.25, -0.2) is 0 Å². The molecule has 0 aliphatic rings. The first-order valence-corrected chi connectivity index (χ1v) is 5.49. The van der Waals surface area contributed by atoms with Gasteiger partial charge in [-0.3, -0.25) is 4.79 Å². The van der Waals surface area contributed by atoms with Gasteiger partial charge in [0.1, 0.15) is 0 Å². The van der Waals surface area contributed by atoms with E-state index in [2.05, 4.69) is 31.4 Å². The van der Waals surface area contributed by atoms with Crippen molar-refractivity contribution in [1.82, 2.24) is 10.6 Å². The molecule has 0 radical (unpaired) electrons. The Morgan fingerprint density at radius 2 is 1.87 bits per heavy atom. The zero-order chi connectivity index (χ0) is 11.8. The van der Waals surface area contributed by atoms with E-state index in [1.807, 2.05) is 6.92 Å². The molecule has 15 heavy (non-hydrogen) atoms. The first-order chi connectivity index (χ1) is 6.97. The lowest BCUT2D eigenvalue weighted by Gasteiger charge is -2.18. The van der Waals surface area contributed by atoms with Crippen LogP contribution < -0.4 is 10.6 Å². The minimum absolute atomic E-state index is 0.0204. The van der Waals surface area contributed by atoms with E-state index < -0.39 is 0 Å². The summed E-state index contributed by atoms with van der Waals surface area (Å²) >= 11 is 0. The highest BCUT2D eigenvalue weighted by atomic mass is 16.5. The van der Waals surface area contributed by atoms with Gasteiger partial charge in [0.25, 0.3) is 0 Å². The van der Waals surface area contributed by atoms with E-state index in [9.17, 15) is 4.79 Å². The maximum Gasteiger partial charge on any atom is 0.234 e. The molecule has 0 aliphatic carbocycles. The first kappa shape index (κ1) is 14.4. The summed E-state index contributed by atoms with van der Waals surface area (Å²) in [6.07, 6.45) is 0. The molecule has 0 bridgehead atoms. The fourth-order valence-electron chi connectivity index (χ4n) is 1.11. The fraction of sp³-hybridized carbons (Fsp3) is 0.909. The van der Waals surface area contributed by atoms with Crippen molar-refractivity contribution in [2.24, 2.45) is 5.92 Å². The van der Waals surface area contributed by atoms with Crippen molar-refractivity contribution in [3.05, 3.63) is 0 Å². The third-order valence-corrected chi connectivity index (χ3v) is 2.41. The van der Waals surface area contributed by atoms with Crippen molar-refractivity contribution < 1.29 is 9.53 Å². The third-order valence-electron chi connectivity index (χ3n) is 2.41. The molecule has 0 saturated heterocycles. The highest BCUT2D eigenvalue weighted by Crippen LogP contribution is 1.98. The van der Waals surface area contributed by atoms with Gasteiger partial charge in [0, 0.05) is 19.2 Å². The van der Waals surface area contributed by atoms with E-state index >= 15 is 0 Å². The number of carbonyl (C=O) groups is 1. The van der Waals surface area contributed by atoms with E-state index in [-0.39, 0.29) is 11.9 Å². The molecule has 0 heterocycles. The Hall–Kier alpha value is -0.610. The minimum Gasteiger partial charge on any atom is -0.383 e. The van der Waals surface area contributed by atoms with Crippen molar-refractivity contribution in [1.29, 1.82) is 0 Å². The van der Waals surface area contributed by atoms with Gasteiger partial charge in [-0.05, 0) is 19.8 Å². The van der Waals surface area contributed by atoms with Crippen LogP contribution in [0.4, 0.5) is 0 Å². The normalized spacial score (nSPS) is 15.1. The van der Waals surface area contributed by atoms with Crippen LogP contribution in [0.25, 0.3) is 0 Å². The first-order valence-electron chi connectivity index (χ1n) is 5.49. The average Bonchev–Trinajstić information content (AvgIpc) is 2.14. The number of nitrogens with one attached hydrogen (secondary N) is 2. The highest BCUT2D eigenvalue weighted by Gasteiger charge is 2.10. The van der Waals surface area contributed by atoms with Gasteiger partial charge in [0.05, 0.1) is 13.2 Å². The van der Waals surface area contributed by atoms with Crippen LogP contribution in [-0.2, 0) is 9.53 Å². The van der Waals surface area contributed by atoms with Gasteiger partial charge in [0.15, 0.2) is 0 Å². The SMILES string of the molecule is COCC(C)NC(=O)CNC(C)C(C)C. The Bertz CT molecular complexity index is 183. The number of hydrogen-bond acceptors (Lipinski definition) is 3. The second-order valence-electron chi connectivity index (χ2n) is 4.34. The standard InChI is InChI=1S/C11H24N2O2/c1-8(2)10(4)12-6-11(14)13-9(3)7-15-5/h8-10,12H,6-7H2,1-5H3,(H,13,14). The topological polar surface area (TPSA) is 50.4 Å². The van der Waals surface area contributed by atoms with Crippen LogP contribution >= 0.6 is 0 Å². The Balaban J connectivity index is 3.66. The van der Waals surface area contributed by atoms with Crippen molar-refractivity contribution >= 4 is 5.91 Å². The van der Waals surface area contributed by atoms with Gasteiger partial charge >= 0.3 is 0 Å². The maximum absolute atomic E-state index is 11.4. The summed E-state index contributed by atoms with van der Waals surface area (Å²) in [6.45, 7) is 9.18. The molecule has 0 fully saturated rings. The van der Waals surface area contributed by atoms with Gasteiger partial charge in [-0.1, -0.05) is 13.8 Å². The Kier molecular flexibility index (Phi) is 7.34. The molecule has 90 valence electrons. The molecule has 0 aromatic heterocycles. The Labute approximate surface area is 92.8 Å². The second-order valence-corrected chi connectivity index (χ2v) is 4.34. The summed E-state index contributed by atoms with van der Waals surface area (Å²) < 4.78 is 4.93. The van der Waals surface area contributed by atoms with Crippen LogP contribution in [0.1, 0.15) is 27.7 Å². The highest BCUT2D eigenvalue weighted by molar-refractivity contribution is 5.78. The number of carbonyl (C=O) groups excluding carboxylic acids is 1. The van der Waals surface area contributed by atoms with Gasteiger partial charge in [0.2, 0.25) is 5.91 Å². The molecule has 0 spiro atoms. The van der Waals surface area contributed by atoms with Crippen LogP contribution in [0.3, 0.4) is 0 Å². The molecule has 4 nitrogen and oxygen atoms in total. The van der Waals surface area contributed by atoms with E-state index in [1.54, 1.807) is 7.11 Å². The fourth-order valence-corrected chi connectivity index (χ4v) is 1.11. The Morgan fingerprint density at radius 1 is 1.27 bits per heavy atom. The Morgan fingerprint density at radius 3 is 2.33 bits per heavy atom. The summed E-state index contributed by atoms with van der Waals surface area (Å²) in [5.74, 6) is 0.557. The third kappa shape index (κ3) is 7.33. The van der Waals surface area contributed by atoms with E-state index in [0.29, 0.717) is 25.1 Å². The van der Waals surface area contributed by atoms with Crippen molar-refractivity contribution in [3.8, 4) is 0 Å². The monoisotopic (exact) mass is 216 g/mol. The van der Waals surface area contributed by atoms with Gasteiger partial charge in [-0.15, -0.1) is 0 Å². The van der Waals surface area contributed by atoms with E-state index in [0.717, 1.165) is 0 Å². The molecule has 0 aromatic carbocycles. The lowest BCUT2D eigenvalue weighted by atomic mass is 10.1. The van der Waals surface area contributed by atoms with Crippen LogP contribution in [-0.4, -0.2) is 38.3 Å². The zero-order valence-corrected chi connectivity index (χ0v) is 10.5. The van der Waals surface area contributed by atoms with Crippen LogP contribution in [0.15, 0.2) is 0 Å². The quantitative estimate of drug-likeness (QED) is 0.661. The molecule has 2 unspecified atom stereocenters. The summed E-state index contributed by atoms with van der Waals surface area (Å²) in [5, 5.41) is 6.03. The van der Waals surface area contributed by atoms with Crippen molar-refractivity contribution in [2.75, 3.05) is 20.3 Å². The maximum atomic E-state index is 11.4. The molecule has 2 atom stereocenters. The number of ether oxygens (including phenoxy) is 1. The van der Waals surface area contributed by atoms with Crippen LogP contribution in [0.2, 0.25) is 0 Å². The molecule has 2 N–H and O–H groups in total. The zero-order valence-electron chi connectivity index (χ0n) is 10.5. The van der Waals surface area contributed by atoms with E-state index in [1.165, 1.54) is 0 Å². The minimum atomic E-state index is 0.0204. The molecule has 0 rings (SSSR count). The molecule has 0 saturated carbocycles. The van der Waals surface area contributed by atoms with Crippen molar-refractivity contribution in [2.45, 2.75) is 39.8 Å². The number of methoxy groups -OCH3 is 1. The molecule has 0 aliphatic heterocycles. The molecular formula is C11H24N2O2. The molecule has 0 aromatic rings. The molecular weight excluding hydrogens is 192 g/mol. The number of amides is 1. The largest absolute Gasteiger partial charge is 0.383 e. The summed E-state index contributed by atoms with van der Waals surface area (Å²) in [5.41, 5.74) is 0. The number of hydrogen-bond donors (Lipinski definition) is 2.